The Bertz CT molecular complexity index is 273. The van der Waals surface area contributed by atoms with E-state index in [1.807, 2.05) is 17.8 Å². The molecule has 1 nitrogen and oxygen atoms in total. The first-order valence-electron chi connectivity index (χ1n) is 5.26. The molecule has 1 fully saturated rings. The van der Waals surface area contributed by atoms with Gasteiger partial charge in [-0.25, -0.2) is 0 Å². The van der Waals surface area contributed by atoms with Crippen molar-refractivity contribution in [1.29, 1.82) is 0 Å². The zero-order valence-corrected chi connectivity index (χ0v) is 9.04. The Kier molecular flexibility index (Phi) is 3.49. The van der Waals surface area contributed by atoms with E-state index in [9.17, 15) is 5.11 Å². The van der Waals surface area contributed by atoms with Gasteiger partial charge in [-0.05, 0) is 25.0 Å². The van der Waals surface area contributed by atoms with Gasteiger partial charge in [-0.15, -0.1) is 11.8 Å². The molecule has 2 heteroatoms. The second-order valence-electron chi connectivity index (χ2n) is 3.82. The van der Waals surface area contributed by atoms with Crippen LogP contribution < -0.4 is 0 Å². The number of hydrogen-bond acceptors (Lipinski definition) is 2. The third-order valence-electron chi connectivity index (χ3n) is 2.70. The smallest absolute Gasteiger partial charge is 0.0662 e. The van der Waals surface area contributed by atoms with Gasteiger partial charge in [-0.3, -0.25) is 0 Å². The van der Waals surface area contributed by atoms with Gasteiger partial charge in [0.1, 0.15) is 0 Å². The topological polar surface area (TPSA) is 20.2 Å². The second-order valence-corrected chi connectivity index (χ2v) is 5.13. The Labute approximate surface area is 89.5 Å². The highest BCUT2D eigenvalue weighted by Gasteiger charge is 2.23. The van der Waals surface area contributed by atoms with Crippen LogP contribution >= 0.6 is 11.8 Å². The van der Waals surface area contributed by atoms with Crippen LogP contribution in [0.2, 0.25) is 0 Å². The molecule has 0 unspecified atom stereocenters. The summed E-state index contributed by atoms with van der Waals surface area (Å²) in [5.74, 6) is 0. The molecule has 0 saturated heterocycles. The van der Waals surface area contributed by atoms with Crippen LogP contribution in [0.25, 0.3) is 0 Å². The zero-order valence-electron chi connectivity index (χ0n) is 8.23. The standard InChI is InChI=1S/C12H16OS/c13-11-8-4-5-9-12(11)14-10-6-2-1-3-7-10/h1-3,6-7,11-13H,4-5,8-9H2/t11-,12-/m1/s1. The second kappa shape index (κ2) is 4.85. The van der Waals surface area contributed by atoms with Crippen molar-refractivity contribution < 1.29 is 5.11 Å². The number of rotatable bonds is 2. The lowest BCUT2D eigenvalue weighted by Gasteiger charge is -2.26. The SMILES string of the molecule is O[C@@H]1CCCC[C@H]1Sc1ccccc1. The van der Waals surface area contributed by atoms with E-state index in [0.717, 1.165) is 12.8 Å². The molecule has 1 aromatic carbocycles. The maximum Gasteiger partial charge on any atom is 0.0662 e. The van der Waals surface area contributed by atoms with Crippen LogP contribution in [0.1, 0.15) is 25.7 Å². The van der Waals surface area contributed by atoms with Crippen LogP contribution in [0, 0.1) is 0 Å². The summed E-state index contributed by atoms with van der Waals surface area (Å²) >= 11 is 1.82. The van der Waals surface area contributed by atoms with Crippen LogP contribution in [0.4, 0.5) is 0 Å². The van der Waals surface area contributed by atoms with Crippen molar-refractivity contribution in [2.75, 3.05) is 0 Å². The minimum atomic E-state index is -0.103. The molecule has 1 aliphatic carbocycles. The molecule has 76 valence electrons. The molecule has 1 aliphatic rings. The van der Waals surface area contributed by atoms with Crippen LogP contribution in [-0.4, -0.2) is 16.5 Å². The minimum Gasteiger partial charge on any atom is -0.392 e. The Balaban J connectivity index is 1.96. The summed E-state index contributed by atoms with van der Waals surface area (Å²) in [7, 11) is 0. The third kappa shape index (κ3) is 2.52. The Morgan fingerprint density at radius 2 is 1.79 bits per heavy atom. The molecule has 1 saturated carbocycles. The number of benzene rings is 1. The Morgan fingerprint density at radius 1 is 1.07 bits per heavy atom. The predicted molar refractivity (Wildman–Crippen MR) is 60.6 cm³/mol. The van der Waals surface area contributed by atoms with Crippen molar-refractivity contribution in [3.63, 3.8) is 0 Å². The molecule has 0 aromatic heterocycles. The number of thioether (sulfide) groups is 1. The largest absolute Gasteiger partial charge is 0.392 e. The Morgan fingerprint density at radius 3 is 2.50 bits per heavy atom. The summed E-state index contributed by atoms with van der Waals surface area (Å²) in [4.78, 5) is 1.28. The van der Waals surface area contributed by atoms with Crippen LogP contribution in [0.15, 0.2) is 35.2 Å². The van der Waals surface area contributed by atoms with Gasteiger partial charge in [0, 0.05) is 10.1 Å². The first-order valence-corrected chi connectivity index (χ1v) is 6.14. The van der Waals surface area contributed by atoms with E-state index >= 15 is 0 Å². The van der Waals surface area contributed by atoms with Crippen LogP contribution in [-0.2, 0) is 0 Å². The van der Waals surface area contributed by atoms with Gasteiger partial charge in [0.25, 0.3) is 0 Å². The maximum atomic E-state index is 9.81. The number of hydrogen-bond donors (Lipinski definition) is 1. The summed E-state index contributed by atoms with van der Waals surface area (Å²) < 4.78 is 0. The lowest BCUT2D eigenvalue weighted by Crippen LogP contribution is -2.26. The molecule has 2 atom stereocenters. The molecule has 14 heavy (non-hydrogen) atoms. The van der Waals surface area contributed by atoms with Crippen molar-refractivity contribution in [1.82, 2.24) is 0 Å². The zero-order chi connectivity index (χ0) is 9.80. The first-order chi connectivity index (χ1) is 6.86. The van der Waals surface area contributed by atoms with Crippen LogP contribution in [0.5, 0.6) is 0 Å². The monoisotopic (exact) mass is 208 g/mol. The van der Waals surface area contributed by atoms with E-state index in [4.69, 9.17) is 0 Å². The molecule has 0 spiro atoms. The number of aliphatic hydroxyl groups excluding tert-OH is 1. The van der Waals surface area contributed by atoms with Gasteiger partial charge in [0.05, 0.1) is 6.10 Å². The average Bonchev–Trinajstić information content (AvgIpc) is 2.23. The highest BCUT2D eigenvalue weighted by atomic mass is 32.2. The van der Waals surface area contributed by atoms with E-state index in [0.29, 0.717) is 5.25 Å². The van der Waals surface area contributed by atoms with E-state index in [1.165, 1.54) is 17.7 Å². The van der Waals surface area contributed by atoms with Gasteiger partial charge in [-0.2, -0.15) is 0 Å². The summed E-state index contributed by atoms with van der Waals surface area (Å²) in [6.07, 6.45) is 4.48. The molecule has 0 heterocycles. The lowest BCUT2D eigenvalue weighted by atomic mass is 9.97. The van der Waals surface area contributed by atoms with Gasteiger partial charge in [-0.1, -0.05) is 31.0 Å². The third-order valence-corrected chi connectivity index (χ3v) is 4.10. The van der Waals surface area contributed by atoms with Crippen molar-refractivity contribution in [3.8, 4) is 0 Å². The first kappa shape index (κ1) is 10.1. The van der Waals surface area contributed by atoms with Crippen molar-refractivity contribution in [3.05, 3.63) is 30.3 Å². The summed E-state index contributed by atoms with van der Waals surface area (Å²) in [5, 5.41) is 10.2. The maximum absolute atomic E-state index is 9.81. The van der Waals surface area contributed by atoms with Gasteiger partial charge >= 0.3 is 0 Å². The molecule has 1 N–H and O–H groups in total. The van der Waals surface area contributed by atoms with Gasteiger partial charge in [0.15, 0.2) is 0 Å². The van der Waals surface area contributed by atoms with E-state index in [1.54, 1.807) is 0 Å². The highest BCUT2D eigenvalue weighted by molar-refractivity contribution is 8.00. The molecule has 0 aliphatic heterocycles. The molecule has 2 rings (SSSR count). The fourth-order valence-electron chi connectivity index (χ4n) is 1.89. The van der Waals surface area contributed by atoms with Crippen molar-refractivity contribution in [2.45, 2.75) is 41.9 Å². The summed E-state index contributed by atoms with van der Waals surface area (Å²) in [5.41, 5.74) is 0. The van der Waals surface area contributed by atoms with Crippen molar-refractivity contribution in [2.24, 2.45) is 0 Å². The quantitative estimate of drug-likeness (QED) is 0.806. The fraction of sp³-hybridized carbons (Fsp3) is 0.500. The van der Waals surface area contributed by atoms with Crippen LogP contribution in [0.3, 0.4) is 0 Å². The molecule has 0 radical (unpaired) electrons. The van der Waals surface area contributed by atoms with E-state index in [2.05, 4.69) is 24.3 Å². The predicted octanol–water partition coefficient (Wildman–Crippen LogP) is 3.08. The normalized spacial score (nSPS) is 27.5. The molecular formula is C12H16OS. The summed E-state index contributed by atoms with van der Waals surface area (Å²) in [6.45, 7) is 0. The van der Waals surface area contributed by atoms with Gasteiger partial charge in [0.2, 0.25) is 0 Å². The van der Waals surface area contributed by atoms with Crippen molar-refractivity contribution >= 4 is 11.8 Å². The molecule has 1 aromatic rings. The van der Waals surface area contributed by atoms with E-state index < -0.39 is 0 Å². The fourth-order valence-corrected chi connectivity index (χ4v) is 3.13. The van der Waals surface area contributed by atoms with Gasteiger partial charge < -0.3 is 5.11 Å². The van der Waals surface area contributed by atoms with E-state index in [-0.39, 0.29) is 6.10 Å². The Hall–Kier alpha value is -0.470. The lowest BCUT2D eigenvalue weighted by molar-refractivity contribution is 0.137. The summed E-state index contributed by atoms with van der Waals surface area (Å²) in [6, 6.07) is 10.4. The highest BCUT2D eigenvalue weighted by Crippen LogP contribution is 2.33. The molecule has 0 amide bonds. The number of aliphatic hydroxyl groups is 1. The average molecular weight is 208 g/mol. The molecule has 0 bridgehead atoms. The molecular weight excluding hydrogens is 192 g/mol. The minimum absolute atomic E-state index is 0.103.